The molecule has 6 nitrogen and oxygen atoms in total. The van der Waals surface area contributed by atoms with Gasteiger partial charge in [0.2, 0.25) is 0 Å². The standard InChI is InChI=1S/C23H25N3O3/c1-28-20-10-8-17(14-21(20)29-2)12-13-24-22-11-9-19(16-25-22)23(27)26-15-18-6-4-3-5-7-18/h3-11,14,16H,12-13,15H2,1-2H3,(H,24,25)(H,26,27). The first kappa shape index (κ1) is 20.2. The van der Waals surface area contributed by atoms with Crippen LogP contribution >= 0.6 is 0 Å². The van der Waals surface area contributed by atoms with E-state index in [1.54, 1.807) is 26.5 Å². The zero-order chi connectivity index (χ0) is 20.5. The topological polar surface area (TPSA) is 72.5 Å². The molecular formula is C23H25N3O3. The summed E-state index contributed by atoms with van der Waals surface area (Å²) in [5.74, 6) is 2.02. The van der Waals surface area contributed by atoms with Crippen molar-refractivity contribution in [2.75, 3.05) is 26.1 Å². The zero-order valence-electron chi connectivity index (χ0n) is 16.6. The molecule has 3 rings (SSSR count). The fourth-order valence-electron chi connectivity index (χ4n) is 2.88. The predicted molar refractivity (Wildman–Crippen MR) is 114 cm³/mol. The van der Waals surface area contributed by atoms with E-state index in [0.717, 1.165) is 23.4 Å². The summed E-state index contributed by atoms with van der Waals surface area (Å²) in [6.45, 7) is 1.20. The minimum atomic E-state index is -0.141. The lowest BCUT2D eigenvalue weighted by atomic mass is 10.1. The molecule has 0 aliphatic heterocycles. The summed E-state index contributed by atoms with van der Waals surface area (Å²) in [5, 5.41) is 6.17. The van der Waals surface area contributed by atoms with Crippen LogP contribution < -0.4 is 20.1 Å². The smallest absolute Gasteiger partial charge is 0.253 e. The number of pyridine rings is 1. The maximum atomic E-state index is 12.2. The molecule has 0 spiro atoms. The van der Waals surface area contributed by atoms with Gasteiger partial charge in [-0.25, -0.2) is 4.98 Å². The van der Waals surface area contributed by atoms with Gasteiger partial charge in [-0.15, -0.1) is 0 Å². The van der Waals surface area contributed by atoms with Crippen LogP contribution in [0, 0.1) is 0 Å². The summed E-state index contributed by atoms with van der Waals surface area (Å²) in [5.41, 5.74) is 2.72. The number of hydrogen-bond acceptors (Lipinski definition) is 5. The highest BCUT2D eigenvalue weighted by Crippen LogP contribution is 2.27. The number of methoxy groups -OCH3 is 2. The number of rotatable bonds is 9. The summed E-state index contributed by atoms with van der Waals surface area (Å²) in [6, 6.07) is 19.3. The molecule has 3 aromatic rings. The van der Waals surface area contributed by atoms with Gasteiger partial charge in [0, 0.05) is 19.3 Å². The summed E-state index contributed by atoms with van der Waals surface area (Å²) >= 11 is 0. The Labute approximate surface area is 170 Å². The second-order valence-corrected chi connectivity index (χ2v) is 6.47. The van der Waals surface area contributed by atoms with E-state index in [4.69, 9.17) is 9.47 Å². The molecule has 1 amide bonds. The van der Waals surface area contributed by atoms with E-state index < -0.39 is 0 Å². The fourth-order valence-corrected chi connectivity index (χ4v) is 2.88. The SMILES string of the molecule is COc1ccc(CCNc2ccc(C(=O)NCc3ccccc3)cn2)cc1OC. The Morgan fingerprint density at radius 2 is 1.72 bits per heavy atom. The molecular weight excluding hydrogens is 366 g/mol. The van der Waals surface area contributed by atoms with Crippen molar-refractivity contribution >= 4 is 11.7 Å². The van der Waals surface area contributed by atoms with E-state index in [0.29, 0.717) is 30.2 Å². The number of benzene rings is 2. The zero-order valence-corrected chi connectivity index (χ0v) is 16.6. The Bertz CT molecular complexity index is 928. The summed E-state index contributed by atoms with van der Waals surface area (Å²) in [4.78, 5) is 16.6. The Hall–Kier alpha value is -3.54. The first-order valence-corrected chi connectivity index (χ1v) is 9.42. The maximum absolute atomic E-state index is 12.2. The maximum Gasteiger partial charge on any atom is 0.253 e. The first-order chi connectivity index (χ1) is 14.2. The molecule has 0 saturated carbocycles. The molecule has 6 heteroatoms. The highest BCUT2D eigenvalue weighted by atomic mass is 16.5. The normalized spacial score (nSPS) is 10.3. The van der Waals surface area contributed by atoms with Crippen LogP contribution in [-0.4, -0.2) is 31.7 Å². The molecule has 0 atom stereocenters. The molecule has 2 aromatic carbocycles. The van der Waals surface area contributed by atoms with Gasteiger partial charge in [-0.05, 0) is 41.8 Å². The lowest BCUT2D eigenvalue weighted by Crippen LogP contribution is -2.22. The van der Waals surface area contributed by atoms with Gasteiger partial charge in [0.1, 0.15) is 5.82 Å². The highest BCUT2D eigenvalue weighted by molar-refractivity contribution is 5.94. The van der Waals surface area contributed by atoms with Gasteiger partial charge in [-0.1, -0.05) is 36.4 Å². The Kier molecular flexibility index (Phi) is 7.05. The monoisotopic (exact) mass is 391 g/mol. The van der Waals surface area contributed by atoms with Crippen molar-refractivity contribution in [3.8, 4) is 11.5 Å². The number of carbonyl (C=O) groups excluding carboxylic acids is 1. The third kappa shape index (κ3) is 5.72. The molecule has 1 heterocycles. The number of aromatic nitrogens is 1. The number of ether oxygens (including phenoxy) is 2. The third-order valence-corrected chi connectivity index (χ3v) is 4.49. The van der Waals surface area contributed by atoms with Crippen LogP contribution in [0.2, 0.25) is 0 Å². The highest BCUT2D eigenvalue weighted by Gasteiger charge is 2.07. The average molecular weight is 391 g/mol. The van der Waals surface area contributed by atoms with Gasteiger partial charge >= 0.3 is 0 Å². The largest absolute Gasteiger partial charge is 0.493 e. The molecule has 0 saturated heterocycles. The molecule has 150 valence electrons. The van der Waals surface area contributed by atoms with Crippen LogP contribution in [0.5, 0.6) is 11.5 Å². The quantitative estimate of drug-likeness (QED) is 0.582. The number of carbonyl (C=O) groups is 1. The first-order valence-electron chi connectivity index (χ1n) is 9.42. The molecule has 0 bridgehead atoms. The number of hydrogen-bond donors (Lipinski definition) is 2. The van der Waals surface area contributed by atoms with Crippen molar-refractivity contribution in [3.05, 3.63) is 83.6 Å². The van der Waals surface area contributed by atoms with E-state index >= 15 is 0 Å². The van der Waals surface area contributed by atoms with Crippen LogP contribution in [0.4, 0.5) is 5.82 Å². The average Bonchev–Trinajstić information content (AvgIpc) is 2.78. The number of anilines is 1. The second kappa shape index (κ2) is 10.1. The van der Waals surface area contributed by atoms with Gasteiger partial charge in [0.25, 0.3) is 5.91 Å². The van der Waals surface area contributed by atoms with Crippen LogP contribution in [0.25, 0.3) is 0 Å². The van der Waals surface area contributed by atoms with Crippen LogP contribution in [0.3, 0.4) is 0 Å². The Morgan fingerprint density at radius 3 is 2.41 bits per heavy atom. The second-order valence-electron chi connectivity index (χ2n) is 6.47. The molecule has 0 fully saturated rings. The lowest BCUT2D eigenvalue weighted by molar-refractivity contribution is 0.0950. The summed E-state index contributed by atoms with van der Waals surface area (Å²) < 4.78 is 10.6. The molecule has 1 aromatic heterocycles. The van der Waals surface area contributed by atoms with E-state index in [-0.39, 0.29) is 5.91 Å². The fraction of sp³-hybridized carbons (Fsp3) is 0.217. The van der Waals surface area contributed by atoms with E-state index in [2.05, 4.69) is 15.6 Å². The Morgan fingerprint density at radius 1 is 0.931 bits per heavy atom. The lowest BCUT2D eigenvalue weighted by Gasteiger charge is -2.10. The van der Waals surface area contributed by atoms with Crippen molar-refractivity contribution in [1.82, 2.24) is 10.3 Å². The molecule has 0 unspecified atom stereocenters. The molecule has 29 heavy (non-hydrogen) atoms. The molecule has 2 N–H and O–H groups in total. The Balaban J connectivity index is 1.48. The van der Waals surface area contributed by atoms with Crippen LogP contribution in [0.15, 0.2) is 66.9 Å². The van der Waals surface area contributed by atoms with Crippen molar-refractivity contribution in [2.24, 2.45) is 0 Å². The number of nitrogens with zero attached hydrogens (tertiary/aromatic N) is 1. The van der Waals surface area contributed by atoms with Crippen molar-refractivity contribution < 1.29 is 14.3 Å². The van der Waals surface area contributed by atoms with E-state index in [1.807, 2.05) is 54.6 Å². The number of amides is 1. The minimum Gasteiger partial charge on any atom is -0.493 e. The predicted octanol–water partition coefficient (Wildman–Crippen LogP) is 3.68. The molecule has 0 radical (unpaired) electrons. The van der Waals surface area contributed by atoms with Crippen molar-refractivity contribution in [2.45, 2.75) is 13.0 Å². The van der Waals surface area contributed by atoms with Crippen LogP contribution in [-0.2, 0) is 13.0 Å². The van der Waals surface area contributed by atoms with Gasteiger partial charge in [-0.3, -0.25) is 4.79 Å². The van der Waals surface area contributed by atoms with Gasteiger partial charge in [0.05, 0.1) is 19.8 Å². The molecule has 0 aliphatic carbocycles. The van der Waals surface area contributed by atoms with Gasteiger partial charge < -0.3 is 20.1 Å². The van der Waals surface area contributed by atoms with Gasteiger partial charge in [-0.2, -0.15) is 0 Å². The van der Waals surface area contributed by atoms with Crippen molar-refractivity contribution in [1.29, 1.82) is 0 Å². The van der Waals surface area contributed by atoms with Crippen molar-refractivity contribution in [3.63, 3.8) is 0 Å². The summed E-state index contributed by atoms with van der Waals surface area (Å²) in [6.07, 6.45) is 2.39. The van der Waals surface area contributed by atoms with E-state index in [9.17, 15) is 4.79 Å². The molecule has 0 aliphatic rings. The van der Waals surface area contributed by atoms with Gasteiger partial charge in [0.15, 0.2) is 11.5 Å². The number of nitrogens with one attached hydrogen (secondary N) is 2. The third-order valence-electron chi connectivity index (χ3n) is 4.49. The minimum absolute atomic E-state index is 0.141. The summed E-state index contributed by atoms with van der Waals surface area (Å²) in [7, 11) is 3.25. The van der Waals surface area contributed by atoms with Crippen LogP contribution in [0.1, 0.15) is 21.5 Å². The van der Waals surface area contributed by atoms with E-state index in [1.165, 1.54) is 0 Å².